The lowest BCUT2D eigenvalue weighted by Gasteiger charge is -2.21. The van der Waals surface area contributed by atoms with Crippen molar-refractivity contribution in [2.75, 3.05) is 26.5 Å². The molecule has 0 aromatic heterocycles. The van der Waals surface area contributed by atoms with E-state index in [0.29, 0.717) is 59.1 Å². The number of rotatable bonds is 4. The third-order valence-electron chi connectivity index (χ3n) is 5.56. The summed E-state index contributed by atoms with van der Waals surface area (Å²) in [6.07, 6.45) is 1.07. The van der Waals surface area contributed by atoms with E-state index in [4.69, 9.17) is 14.3 Å². The number of cyclic esters (lactones) is 1. The van der Waals surface area contributed by atoms with Crippen LogP contribution in [0.3, 0.4) is 0 Å². The van der Waals surface area contributed by atoms with Crippen molar-refractivity contribution in [1.82, 2.24) is 15.7 Å². The number of hydrogen-bond acceptors (Lipinski definition) is 10. The third kappa shape index (κ3) is 6.34. The summed E-state index contributed by atoms with van der Waals surface area (Å²) in [5.41, 5.74) is 1.41. The number of aliphatic imine (C=N–C) groups is 1. The number of hydroxylamine groups is 2. The monoisotopic (exact) mass is 494 g/mol. The summed E-state index contributed by atoms with van der Waals surface area (Å²) in [7, 11) is 3.27. The van der Waals surface area contributed by atoms with E-state index in [1.165, 1.54) is 24.9 Å². The van der Waals surface area contributed by atoms with Crippen molar-refractivity contribution >= 4 is 29.5 Å². The highest BCUT2D eigenvalue weighted by atomic mass is 32.2. The number of carbonyl (C=O) groups is 2. The zero-order valence-corrected chi connectivity index (χ0v) is 21.2. The zero-order valence-electron chi connectivity index (χ0n) is 20.3. The van der Waals surface area contributed by atoms with E-state index in [1.54, 1.807) is 19.0 Å². The molecule has 0 spiro atoms. The number of fused-ring (bicyclic) bond motifs is 1. The topological polar surface area (TPSA) is 122 Å². The van der Waals surface area contributed by atoms with Crippen molar-refractivity contribution in [2.24, 2.45) is 4.99 Å². The van der Waals surface area contributed by atoms with Crippen LogP contribution < -0.4 is 15.4 Å². The number of esters is 1. The van der Waals surface area contributed by atoms with Crippen molar-refractivity contribution in [1.29, 1.82) is 0 Å². The lowest BCUT2D eigenvalue weighted by molar-refractivity contribution is -0.121. The first kappa shape index (κ1) is 26.1. The number of methoxy groups -OCH3 is 1. The van der Waals surface area contributed by atoms with Gasteiger partial charge in [0.05, 0.1) is 19.3 Å². The van der Waals surface area contributed by atoms with E-state index < -0.39 is 12.0 Å². The molecule has 11 heteroatoms. The lowest BCUT2D eigenvalue weighted by atomic mass is 10.0. The molecule has 1 unspecified atom stereocenters. The van der Waals surface area contributed by atoms with Gasteiger partial charge in [0.15, 0.2) is 6.29 Å². The van der Waals surface area contributed by atoms with Crippen LogP contribution in [0.25, 0.3) is 0 Å². The molecule has 0 radical (unpaired) electrons. The molecular formula is C23H34N4O6S. The predicted octanol–water partition coefficient (Wildman–Crippen LogP) is 2.33. The molecular weight excluding hydrogens is 460 g/mol. The first-order valence-corrected chi connectivity index (χ1v) is 12.5. The van der Waals surface area contributed by atoms with Crippen LogP contribution in [0.4, 0.5) is 0 Å². The van der Waals surface area contributed by atoms with Gasteiger partial charge in [0.2, 0.25) is 11.8 Å². The van der Waals surface area contributed by atoms with Gasteiger partial charge in [0.25, 0.3) is 0 Å². The van der Waals surface area contributed by atoms with Gasteiger partial charge in [-0.1, -0.05) is 0 Å². The number of hydrogen-bond donors (Lipinski definition) is 3. The second kappa shape index (κ2) is 11.8. The first-order chi connectivity index (χ1) is 16.2. The summed E-state index contributed by atoms with van der Waals surface area (Å²) in [5, 5.41) is 18.6. The van der Waals surface area contributed by atoms with Gasteiger partial charge in [-0.25, -0.2) is 9.79 Å². The van der Waals surface area contributed by atoms with Crippen molar-refractivity contribution in [3.63, 3.8) is 0 Å². The Kier molecular flexibility index (Phi) is 9.03. The molecule has 3 N–H and O–H groups in total. The van der Waals surface area contributed by atoms with E-state index in [9.17, 15) is 14.7 Å². The van der Waals surface area contributed by atoms with Gasteiger partial charge < -0.3 is 24.7 Å². The van der Waals surface area contributed by atoms with Crippen LogP contribution in [0.2, 0.25) is 0 Å². The number of aromatic hydroxyl groups is 1. The van der Waals surface area contributed by atoms with Crippen LogP contribution >= 0.6 is 11.8 Å². The van der Waals surface area contributed by atoms with Crippen LogP contribution in [0.1, 0.15) is 54.6 Å². The van der Waals surface area contributed by atoms with Gasteiger partial charge in [-0.2, -0.15) is 11.8 Å². The largest absolute Gasteiger partial charge is 0.507 e. The Morgan fingerprint density at radius 2 is 2.12 bits per heavy atom. The fraction of sp³-hybridized carbons (Fsp3) is 0.609. The molecule has 1 aromatic carbocycles. The minimum Gasteiger partial charge on any atom is -0.507 e. The molecule has 2 heterocycles. The smallest absolute Gasteiger partial charge is 0.338 e. The summed E-state index contributed by atoms with van der Waals surface area (Å²) < 4.78 is 10.8. The van der Waals surface area contributed by atoms with Crippen molar-refractivity contribution in [3.8, 4) is 11.5 Å². The van der Waals surface area contributed by atoms with E-state index in [-0.39, 0.29) is 30.6 Å². The highest BCUT2D eigenvalue weighted by Crippen LogP contribution is 2.35. The van der Waals surface area contributed by atoms with E-state index in [0.717, 1.165) is 0 Å². The number of carbonyl (C=O) groups excluding carboxylic acids is 2. The van der Waals surface area contributed by atoms with Gasteiger partial charge in [0.1, 0.15) is 17.5 Å². The van der Waals surface area contributed by atoms with Crippen molar-refractivity contribution in [3.05, 3.63) is 22.8 Å². The minimum absolute atomic E-state index is 0.0371. The fourth-order valence-electron chi connectivity index (χ4n) is 3.79. The van der Waals surface area contributed by atoms with Gasteiger partial charge in [-0.3, -0.25) is 10.1 Å². The molecule has 0 bridgehead atoms. The Labute approximate surface area is 204 Å². The Morgan fingerprint density at radius 3 is 2.82 bits per heavy atom. The summed E-state index contributed by atoms with van der Waals surface area (Å²) >= 11 is 1.45. The highest BCUT2D eigenvalue weighted by Gasteiger charge is 2.32. The number of nitrogens with one attached hydrogen (secondary N) is 2. The molecule has 2 aliphatic heterocycles. The Bertz CT molecular complexity index is 939. The first-order valence-electron chi connectivity index (χ1n) is 11.4. The molecule has 2 aliphatic rings. The molecule has 0 saturated heterocycles. The lowest BCUT2D eigenvalue weighted by Crippen LogP contribution is -2.44. The number of phenols is 1. The molecule has 188 valence electrons. The third-order valence-corrected chi connectivity index (χ3v) is 6.62. The minimum atomic E-state index is -0.506. The Morgan fingerprint density at radius 1 is 1.35 bits per heavy atom. The van der Waals surface area contributed by atoms with Gasteiger partial charge in [-0.15, -0.1) is 5.06 Å². The van der Waals surface area contributed by atoms with Gasteiger partial charge in [0, 0.05) is 48.2 Å². The van der Waals surface area contributed by atoms with Crippen LogP contribution in [0.5, 0.6) is 11.5 Å². The van der Waals surface area contributed by atoms with E-state index >= 15 is 0 Å². The Hall–Kier alpha value is -2.50. The molecule has 34 heavy (non-hydrogen) atoms. The van der Waals surface area contributed by atoms with Crippen molar-refractivity contribution < 1.29 is 29.0 Å². The number of ether oxygens (including phenoxy) is 2. The van der Waals surface area contributed by atoms with Crippen LogP contribution in [-0.4, -0.2) is 72.8 Å². The molecule has 10 nitrogen and oxygen atoms in total. The van der Waals surface area contributed by atoms with E-state index in [1.807, 2.05) is 13.8 Å². The summed E-state index contributed by atoms with van der Waals surface area (Å²) in [6.45, 7) is 6.00. The number of phenolic OH excluding ortho intramolecular Hbond substituents is 1. The van der Waals surface area contributed by atoms with Crippen LogP contribution in [-0.2, 0) is 20.1 Å². The molecule has 3 rings (SSSR count). The number of amides is 1. The molecule has 1 aromatic rings. The highest BCUT2D eigenvalue weighted by molar-refractivity contribution is 7.98. The average Bonchev–Trinajstić information content (AvgIpc) is 3.13. The Balaban J connectivity index is 1.87. The second-order valence-corrected chi connectivity index (χ2v) is 9.63. The van der Waals surface area contributed by atoms with Gasteiger partial charge >= 0.3 is 5.97 Å². The zero-order chi connectivity index (χ0) is 24.8. The van der Waals surface area contributed by atoms with E-state index in [2.05, 4.69) is 15.6 Å². The summed E-state index contributed by atoms with van der Waals surface area (Å²) in [4.78, 5) is 35.9. The van der Waals surface area contributed by atoms with Crippen LogP contribution in [0, 0.1) is 6.92 Å². The summed E-state index contributed by atoms with van der Waals surface area (Å²) in [6, 6.07) is 1.25. The molecule has 0 fully saturated rings. The number of nitrogens with zero attached hydrogens (tertiary/aromatic N) is 2. The fourth-order valence-corrected chi connectivity index (χ4v) is 4.87. The predicted molar refractivity (Wildman–Crippen MR) is 130 cm³/mol. The van der Waals surface area contributed by atoms with Gasteiger partial charge in [-0.05, 0) is 33.6 Å². The maximum absolute atomic E-state index is 12.9. The summed E-state index contributed by atoms with van der Waals surface area (Å²) in [5.74, 6) is 0.939. The molecule has 0 aliphatic carbocycles. The molecule has 0 saturated carbocycles. The average molecular weight is 495 g/mol. The quantitative estimate of drug-likeness (QED) is 0.541. The van der Waals surface area contributed by atoms with Crippen LogP contribution in [0.15, 0.2) is 11.1 Å². The molecule has 2 atom stereocenters. The second-order valence-electron chi connectivity index (χ2n) is 8.60. The van der Waals surface area contributed by atoms with Crippen molar-refractivity contribution in [2.45, 2.75) is 64.2 Å². The SMILES string of the molecule is COc1cc(O)c2c(c1C)C(=O)OCCCCC(=O)N[C@H](C1=NC(NC(C)C)N(C)O1)CSC2. The number of benzene rings is 1. The molecule has 1 amide bonds. The number of thioether (sulfide) groups is 1. The normalized spacial score (nSPS) is 22.8. The maximum Gasteiger partial charge on any atom is 0.338 e. The maximum atomic E-state index is 12.9. The standard InChI is InChI=1S/C23H34N4O6S/c1-13(2)24-23-26-21(33-27(23)4)16-12-34-11-15-17(28)10-18(31-5)14(3)20(15)22(30)32-9-7-6-8-19(29)25-16/h10,13,16,23-24,28H,6-9,11-12H2,1-5H3,(H,25,29)/t16-,23?/m0/s1.